The summed E-state index contributed by atoms with van der Waals surface area (Å²) in [6.07, 6.45) is 6.38. The number of aliphatic imine (C=N–C) groups is 1. The van der Waals surface area contributed by atoms with E-state index in [1.807, 2.05) is 29.1 Å². The zero-order chi connectivity index (χ0) is 17.5. The van der Waals surface area contributed by atoms with Crippen LogP contribution in [0, 0.1) is 5.92 Å². The van der Waals surface area contributed by atoms with Crippen molar-refractivity contribution in [3.8, 4) is 5.69 Å². The molecule has 1 heterocycles. The summed E-state index contributed by atoms with van der Waals surface area (Å²) in [4.78, 5) is 4.29. The van der Waals surface area contributed by atoms with Crippen LogP contribution in [0.15, 0.2) is 47.7 Å². The molecule has 0 amide bonds. The summed E-state index contributed by atoms with van der Waals surface area (Å²) in [5.41, 5.74) is 2.23. The molecule has 2 aromatic rings. The van der Waals surface area contributed by atoms with E-state index in [1.54, 1.807) is 13.2 Å². The Morgan fingerprint density at radius 1 is 1.40 bits per heavy atom. The fourth-order valence-electron chi connectivity index (χ4n) is 2.62. The molecule has 1 aromatic heterocycles. The third-order valence-electron chi connectivity index (χ3n) is 4.31. The lowest BCUT2D eigenvalue weighted by atomic mass is 10.1. The van der Waals surface area contributed by atoms with Crippen LogP contribution >= 0.6 is 0 Å². The second-order valence-electron chi connectivity index (χ2n) is 6.43. The quantitative estimate of drug-likeness (QED) is 0.440. The predicted octanol–water partition coefficient (Wildman–Crippen LogP) is 2.52. The smallest absolute Gasteiger partial charge is 0.191 e. The number of benzene rings is 1. The van der Waals surface area contributed by atoms with E-state index in [4.69, 9.17) is 4.74 Å². The van der Waals surface area contributed by atoms with Crippen LogP contribution < -0.4 is 10.6 Å². The number of ether oxygens (including phenoxy) is 1. The molecule has 0 bridgehead atoms. The van der Waals surface area contributed by atoms with E-state index in [9.17, 15) is 0 Å². The summed E-state index contributed by atoms with van der Waals surface area (Å²) < 4.78 is 7.51. The van der Waals surface area contributed by atoms with Gasteiger partial charge in [-0.3, -0.25) is 4.99 Å². The Bertz CT molecular complexity index is 679. The second kappa shape index (κ2) is 8.67. The molecule has 6 nitrogen and oxygen atoms in total. The minimum absolute atomic E-state index is 0.133. The number of aromatic nitrogens is 2. The lowest BCUT2D eigenvalue weighted by Crippen LogP contribution is -2.40. The molecule has 2 N–H and O–H groups in total. The van der Waals surface area contributed by atoms with Crippen LogP contribution in [0.2, 0.25) is 0 Å². The van der Waals surface area contributed by atoms with Gasteiger partial charge in [0.1, 0.15) is 0 Å². The van der Waals surface area contributed by atoms with Crippen molar-refractivity contribution in [2.75, 3.05) is 26.8 Å². The average molecular weight is 341 g/mol. The molecule has 1 aliphatic carbocycles. The molecule has 3 rings (SSSR count). The van der Waals surface area contributed by atoms with Crippen molar-refractivity contribution in [1.82, 2.24) is 20.4 Å². The van der Waals surface area contributed by atoms with E-state index < -0.39 is 0 Å². The van der Waals surface area contributed by atoms with Crippen LogP contribution in [0.4, 0.5) is 0 Å². The van der Waals surface area contributed by atoms with Crippen molar-refractivity contribution in [2.45, 2.75) is 25.8 Å². The maximum absolute atomic E-state index is 5.64. The van der Waals surface area contributed by atoms with E-state index >= 15 is 0 Å². The lowest BCUT2D eigenvalue weighted by molar-refractivity contribution is 0.129. The number of hydrogen-bond donors (Lipinski definition) is 2. The van der Waals surface area contributed by atoms with Crippen LogP contribution in [0.1, 0.15) is 31.4 Å². The van der Waals surface area contributed by atoms with Crippen molar-refractivity contribution in [3.63, 3.8) is 0 Å². The van der Waals surface area contributed by atoms with Crippen LogP contribution in [-0.4, -0.2) is 42.5 Å². The van der Waals surface area contributed by atoms with E-state index in [0.717, 1.165) is 30.7 Å². The first-order valence-electron chi connectivity index (χ1n) is 8.91. The van der Waals surface area contributed by atoms with E-state index in [-0.39, 0.29) is 6.04 Å². The summed E-state index contributed by atoms with van der Waals surface area (Å²) in [5, 5.41) is 11.0. The van der Waals surface area contributed by atoms with E-state index in [0.29, 0.717) is 6.61 Å². The maximum atomic E-state index is 5.64. The molecule has 0 saturated heterocycles. The molecule has 1 fully saturated rings. The van der Waals surface area contributed by atoms with Crippen LogP contribution in [0.25, 0.3) is 5.69 Å². The molecule has 25 heavy (non-hydrogen) atoms. The summed E-state index contributed by atoms with van der Waals surface area (Å²) >= 11 is 0. The summed E-state index contributed by atoms with van der Waals surface area (Å²) in [7, 11) is 1.78. The molecule has 6 heteroatoms. The van der Waals surface area contributed by atoms with Gasteiger partial charge in [-0.1, -0.05) is 12.1 Å². The summed E-state index contributed by atoms with van der Waals surface area (Å²) in [5.74, 6) is 1.59. The first-order valence-corrected chi connectivity index (χ1v) is 8.91. The Morgan fingerprint density at radius 3 is 3.00 bits per heavy atom. The Labute approximate surface area is 149 Å². The van der Waals surface area contributed by atoms with Crippen molar-refractivity contribution in [1.29, 1.82) is 0 Å². The third kappa shape index (κ3) is 5.32. The highest BCUT2D eigenvalue weighted by Gasteiger charge is 2.20. The van der Waals surface area contributed by atoms with Gasteiger partial charge in [0.05, 0.1) is 18.3 Å². The van der Waals surface area contributed by atoms with Gasteiger partial charge in [-0.2, -0.15) is 5.10 Å². The SMILES string of the molecule is CN=C(NCCOCC1CC1)NC(C)c1cccc(-n2cccn2)c1. The number of hydrogen-bond acceptors (Lipinski definition) is 3. The number of guanidine groups is 1. The van der Waals surface area contributed by atoms with Gasteiger partial charge in [0.2, 0.25) is 0 Å². The minimum Gasteiger partial charge on any atom is -0.379 e. The molecule has 0 spiro atoms. The van der Waals surface area contributed by atoms with Crippen molar-refractivity contribution >= 4 is 5.96 Å². The highest BCUT2D eigenvalue weighted by atomic mass is 16.5. The summed E-state index contributed by atoms with van der Waals surface area (Å²) in [6.45, 7) is 4.48. The van der Waals surface area contributed by atoms with Crippen molar-refractivity contribution in [2.24, 2.45) is 10.9 Å². The van der Waals surface area contributed by atoms with Crippen LogP contribution in [0.5, 0.6) is 0 Å². The molecule has 134 valence electrons. The maximum Gasteiger partial charge on any atom is 0.191 e. The highest BCUT2D eigenvalue weighted by Crippen LogP contribution is 2.28. The fraction of sp³-hybridized carbons (Fsp3) is 0.474. The highest BCUT2D eigenvalue weighted by molar-refractivity contribution is 5.80. The number of rotatable bonds is 8. The first-order chi connectivity index (χ1) is 12.3. The van der Waals surface area contributed by atoms with Crippen molar-refractivity contribution in [3.05, 3.63) is 48.3 Å². The number of nitrogens with one attached hydrogen (secondary N) is 2. The van der Waals surface area contributed by atoms with E-state index in [1.165, 1.54) is 18.4 Å². The van der Waals surface area contributed by atoms with E-state index in [2.05, 4.69) is 39.8 Å². The molecule has 0 aliphatic heterocycles. The Hall–Kier alpha value is -2.34. The Balaban J connectivity index is 1.49. The molecule has 0 radical (unpaired) electrons. The van der Waals surface area contributed by atoms with Gasteiger partial charge >= 0.3 is 0 Å². The number of nitrogens with zero attached hydrogens (tertiary/aromatic N) is 3. The average Bonchev–Trinajstić information content (AvgIpc) is 3.30. The lowest BCUT2D eigenvalue weighted by Gasteiger charge is -2.19. The largest absolute Gasteiger partial charge is 0.379 e. The van der Waals surface area contributed by atoms with Gasteiger partial charge in [0, 0.05) is 32.6 Å². The van der Waals surface area contributed by atoms with Crippen LogP contribution in [-0.2, 0) is 4.74 Å². The third-order valence-corrected chi connectivity index (χ3v) is 4.31. The molecule has 1 aromatic carbocycles. The Kier molecular flexibility index (Phi) is 6.06. The van der Waals surface area contributed by atoms with Gasteiger partial charge in [-0.15, -0.1) is 0 Å². The zero-order valence-corrected chi connectivity index (χ0v) is 15.0. The normalized spacial score (nSPS) is 15.8. The standard InChI is InChI=1S/C19H27N5O/c1-15(17-5-3-6-18(13-17)24-11-4-9-22-24)23-19(20-2)21-10-12-25-14-16-7-8-16/h3-6,9,11,13,15-16H,7-8,10,12,14H2,1-2H3,(H2,20,21,23). The molecular weight excluding hydrogens is 314 g/mol. The molecule has 1 saturated carbocycles. The molecule has 1 atom stereocenters. The zero-order valence-electron chi connectivity index (χ0n) is 15.0. The van der Waals surface area contributed by atoms with Gasteiger partial charge in [-0.05, 0) is 49.4 Å². The fourth-order valence-corrected chi connectivity index (χ4v) is 2.62. The van der Waals surface area contributed by atoms with Gasteiger partial charge < -0.3 is 15.4 Å². The predicted molar refractivity (Wildman–Crippen MR) is 100 cm³/mol. The van der Waals surface area contributed by atoms with Crippen molar-refractivity contribution < 1.29 is 4.74 Å². The Morgan fingerprint density at radius 2 is 2.28 bits per heavy atom. The molecule has 1 unspecified atom stereocenters. The monoisotopic (exact) mass is 341 g/mol. The van der Waals surface area contributed by atoms with Gasteiger partial charge in [0.15, 0.2) is 5.96 Å². The molecule has 1 aliphatic rings. The second-order valence-corrected chi connectivity index (χ2v) is 6.43. The topological polar surface area (TPSA) is 63.5 Å². The van der Waals surface area contributed by atoms with Crippen LogP contribution in [0.3, 0.4) is 0 Å². The minimum atomic E-state index is 0.133. The summed E-state index contributed by atoms with van der Waals surface area (Å²) in [6, 6.07) is 10.4. The van der Waals surface area contributed by atoms with Gasteiger partial charge in [0.25, 0.3) is 0 Å². The van der Waals surface area contributed by atoms with Gasteiger partial charge in [-0.25, -0.2) is 4.68 Å². The first kappa shape index (κ1) is 17.5. The molecular formula is C19H27N5O.